The van der Waals surface area contributed by atoms with Gasteiger partial charge in [0.1, 0.15) is 0 Å². The molecule has 148 valence electrons. The second kappa shape index (κ2) is 7.03. The number of aromatic nitrogens is 1. The van der Waals surface area contributed by atoms with E-state index in [1.165, 1.54) is 49.6 Å². The third-order valence-electron chi connectivity index (χ3n) is 6.20. The summed E-state index contributed by atoms with van der Waals surface area (Å²) in [5.74, 6) is 0. The Kier molecular flexibility index (Phi) is 4.03. The van der Waals surface area contributed by atoms with Gasteiger partial charge >= 0.3 is 0 Å². The number of nitrogens with zero attached hydrogens (tertiary/aromatic N) is 2. The molecule has 5 aromatic carbocycles. The lowest BCUT2D eigenvalue weighted by Crippen LogP contribution is -2.09. The van der Waals surface area contributed by atoms with Gasteiger partial charge in [-0.1, -0.05) is 66.7 Å². The minimum absolute atomic E-state index is 1.17. The molecule has 0 aliphatic rings. The van der Waals surface area contributed by atoms with Crippen molar-refractivity contribution in [2.45, 2.75) is 0 Å². The molecule has 0 fully saturated rings. The molecule has 0 bridgehead atoms. The van der Waals surface area contributed by atoms with Crippen LogP contribution < -0.4 is 4.90 Å². The molecule has 31 heavy (non-hydrogen) atoms. The van der Waals surface area contributed by atoms with E-state index in [4.69, 9.17) is 0 Å². The molecule has 0 unspecified atom stereocenters. The maximum absolute atomic E-state index is 2.38. The van der Waals surface area contributed by atoms with Crippen molar-refractivity contribution in [1.29, 1.82) is 0 Å². The normalized spacial score (nSPS) is 11.4. The van der Waals surface area contributed by atoms with E-state index < -0.39 is 0 Å². The van der Waals surface area contributed by atoms with E-state index in [2.05, 4.69) is 126 Å². The van der Waals surface area contributed by atoms with Crippen LogP contribution in [0.2, 0.25) is 0 Å². The van der Waals surface area contributed by atoms with Crippen molar-refractivity contribution >= 4 is 44.0 Å². The summed E-state index contributed by atoms with van der Waals surface area (Å²) in [5.41, 5.74) is 5.99. The minimum atomic E-state index is 1.17. The number of hydrogen-bond donors (Lipinski definition) is 0. The number of hydrogen-bond acceptors (Lipinski definition) is 1. The van der Waals surface area contributed by atoms with E-state index in [0.29, 0.717) is 0 Å². The molecule has 2 heteroatoms. The van der Waals surface area contributed by atoms with Crippen LogP contribution in [0.4, 0.5) is 11.4 Å². The third-order valence-corrected chi connectivity index (χ3v) is 6.20. The van der Waals surface area contributed by atoms with Crippen LogP contribution in [0.3, 0.4) is 0 Å². The molecule has 0 N–H and O–H groups in total. The number of fused-ring (bicyclic) bond motifs is 5. The van der Waals surface area contributed by atoms with Crippen LogP contribution in [0.15, 0.2) is 115 Å². The highest BCUT2D eigenvalue weighted by atomic mass is 15.1. The van der Waals surface area contributed by atoms with E-state index in [0.717, 1.165) is 0 Å². The maximum Gasteiger partial charge on any atom is 0.0547 e. The molecule has 0 aliphatic heterocycles. The second-order valence-electron chi connectivity index (χ2n) is 7.94. The van der Waals surface area contributed by atoms with Crippen molar-refractivity contribution < 1.29 is 0 Å². The zero-order valence-electron chi connectivity index (χ0n) is 17.4. The van der Waals surface area contributed by atoms with Crippen LogP contribution in [0.1, 0.15) is 0 Å². The number of benzene rings is 5. The van der Waals surface area contributed by atoms with Crippen molar-refractivity contribution in [3.05, 3.63) is 115 Å². The quantitative estimate of drug-likeness (QED) is 0.296. The molecule has 0 spiro atoms. The van der Waals surface area contributed by atoms with Gasteiger partial charge in [0.2, 0.25) is 0 Å². The lowest BCUT2D eigenvalue weighted by atomic mass is 10.0. The Morgan fingerprint density at radius 3 is 1.97 bits per heavy atom. The average Bonchev–Trinajstić information content (AvgIpc) is 3.19. The van der Waals surface area contributed by atoms with Gasteiger partial charge in [-0.3, -0.25) is 0 Å². The predicted octanol–water partition coefficient (Wildman–Crippen LogP) is 7.70. The van der Waals surface area contributed by atoms with Gasteiger partial charge in [-0.15, -0.1) is 0 Å². The molecule has 1 heterocycles. The molecule has 0 saturated heterocycles. The molecule has 0 aliphatic carbocycles. The fourth-order valence-electron chi connectivity index (χ4n) is 4.64. The minimum Gasteiger partial charge on any atom is -0.345 e. The molecule has 1 aromatic heterocycles. The predicted molar refractivity (Wildman–Crippen MR) is 133 cm³/mol. The Hall–Kier alpha value is -4.04. The fraction of sp³-hybridized carbons (Fsp3) is 0.0345. The Morgan fingerprint density at radius 1 is 0.516 bits per heavy atom. The highest BCUT2D eigenvalue weighted by Crippen LogP contribution is 2.37. The van der Waals surface area contributed by atoms with E-state index in [9.17, 15) is 0 Å². The van der Waals surface area contributed by atoms with Crippen molar-refractivity contribution in [3.63, 3.8) is 0 Å². The van der Waals surface area contributed by atoms with Crippen molar-refractivity contribution in [1.82, 2.24) is 4.57 Å². The average molecular weight is 399 g/mol. The summed E-state index contributed by atoms with van der Waals surface area (Å²) in [5, 5.41) is 5.19. The monoisotopic (exact) mass is 398 g/mol. The Labute approximate surface area is 181 Å². The zero-order valence-corrected chi connectivity index (χ0v) is 17.4. The summed E-state index contributed by atoms with van der Waals surface area (Å²) in [4.78, 5) is 2.21. The maximum atomic E-state index is 2.38. The van der Waals surface area contributed by atoms with E-state index >= 15 is 0 Å². The topological polar surface area (TPSA) is 8.17 Å². The first-order valence-electron chi connectivity index (χ1n) is 10.6. The third kappa shape index (κ3) is 2.80. The summed E-state index contributed by atoms with van der Waals surface area (Å²) in [6, 6.07) is 41.1. The van der Waals surface area contributed by atoms with Crippen molar-refractivity contribution in [3.8, 4) is 5.69 Å². The van der Waals surface area contributed by atoms with Gasteiger partial charge in [-0.05, 0) is 59.3 Å². The van der Waals surface area contributed by atoms with Gasteiger partial charge in [0, 0.05) is 34.9 Å². The van der Waals surface area contributed by atoms with Gasteiger partial charge in [-0.2, -0.15) is 0 Å². The van der Waals surface area contributed by atoms with Crippen LogP contribution in [-0.4, -0.2) is 11.6 Å². The van der Waals surface area contributed by atoms with Crippen LogP contribution in [-0.2, 0) is 0 Å². The first-order valence-corrected chi connectivity index (χ1v) is 10.6. The van der Waals surface area contributed by atoms with Crippen LogP contribution in [0.25, 0.3) is 38.3 Å². The number of anilines is 2. The van der Waals surface area contributed by atoms with Gasteiger partial charge in [-0.25, -0.2) is 0 Å². The van der Waals surface area contributed by atoms with Gasteiger partial charge in [0.05, 0.1) is 11.0 Å². The van der Waals surface area contributed by atoms with E-state index in [-0.39, 0.29) is 0 Å². The van der Waals surface area contributed by atoms with Crippen LogP contribution in [0.5, 0.6) is 0 Å². The fourth-order valence-corrected chi connectivity index (χ4v) is 4.64. The highest BCUT2D eigenvalue weighted by molar-refractivity contribution is 6.21. The number of rotatable bonds is 3. The summed E-state index contributed by atoms with van der Waals surface area (Å²) in [6.07, 6.45) is 0. The molecule has 0 atom stereocenters. The van der Waals surface area contributed by atoms with Gasteiger partial charge < -0.3 is 9.47 Å². The largest absolute Gasteiger partial charge is 0.345 e. The van der Waals surface area contributed by atoms with Crippen molar-refractivity contribution in [2.24, 2.45) is 0 Å². The smallest absolute Gasteiger partial charge is 0.0547 e. The molecule has 2 nitrogen and oxygen atoms in total. The standard InChI is InChI=1S/C29H22N2/c1-30(22-10-3-2-4-11-22)23-16-18-24(19-17-23)31-27-14-8-7-13-26(27)29-25-12-6-5-9-21(25)15-20-28(29)31/h2-20H,1H3. The molecular weight excluding hydrogens is 376 g/mol. The first kappa shape index (κ1) is 17.8. The van der Waals surface area contributed by atoms with Crippen molar-refractivity contribution in [2.75, 3.05) is 11.9 Å². The SMILES string of the molecule is CN(c1ccccc1)c1ccc(-n2c3ccccc3c3c4ccccc4ccc32)cc1. The number of para-hydroxylation sites is 2. The van der Waals surface area contributed by atoms with Gasteiger partial charge in [0.25, 0.3) is 0 Å². The summed E-state index contributed by atoms with van der Waals surface area (Å²) < 4.78 is 2.38. The highest BCUT2D eigenvalue weighted by Gasteiger charge is 2.14. The van der Waals surface area contributed by atoms with Gasteiger partial charge in [0.15, 0.2) is 0 Å². The molecule has 6 rings (SSSR count). The summed E-state index contributed by atoms with van der Waals surface area (Å²) in [6.45, 7) is 0. The van der Waals surface area contributed by atoms with E-state index in [1.54, 1.807) is 0 Å². The molecule has 0 radical (unpaired) electrons. The lowest BCUT2D eigenvalue weighted by molar-refractivity contribution is 1.16. The van der Waals surface area contributed by atoms with Crippen LogP contribution >= 0.6 is 0 Å². The second-order valence-corrected chi connectivity index (χ2v) is 7.94. The van der Waals surface area contributed by atoms with E-state index in [1.807, 2.05) is 6.07 Å². The Balaban J connectivity index is 1.55. The zero-order chi connectivity index (χ0) is 20.8. The molecule has 6 aromatic rings. The molecule has 0 amide bonds. The lowest BCUT2D eigenvalue weighted by Gasteiger charge is -2.20. The first-order chi connectivity index (χ1) is 15.3. The molecule has 0 saturated carbocycles. The van der Waals surface area contributed by atoms with Crippen LogP contribution in [0, 0.1) is 0 Å². The Morgan fingerprint density at radius 2 is 1.16 bits per heavy atom. The summed E-state index contributed by atoms with van der Waals surface area (Å²) in [7, 11) is 2.11. The molecular formula is C29H22N2. The summed E-state index contributed by atoms with van der Waals surface area (Å²) >= 11 is 0. The Bertz CT molecular complexity index is 1530.